The van der Waals surface area contributed by atoms with Crippen LogP contribution in [0.25, 0.3) is 11.3 Å². The van der Waals surface area contributed by atoms with Gasteiger partial charge in [-0.3, -0.25) is 14.6 Å². The van der Waals surface area contributed by atoms with Crippen LogP contribution < -0.4 is 10.6 Å². The number of nitrogens with zero attached hydrogens (tertiary/aromatic N) is 4. The highest BCUT2D eigenvalue weighted by Crippen LogP contribution is 2.31. The van der Waals surface area contributed by atoms with Gasteiger partial charge in [-0.05, 0) is 56.0 Å². The summed E-state index contributed by atoms with van der Waals surface area (Å²) in [5, 5.41) is 16.2. The van der Waals surface area contributed by atoms with Gasteiger partial charge in [-0.25, -0.2) is 14.4 Å². The number of aliphatic hydroxyl groups excluding tert-OH is 1. The van der Waals surface area contributed by atoms with Crippen LogP contribution in [0.2, 0.25) is 5.02 Å². The lowest BCUT2D eigenvalue weighted by Gasteiger charge is -2.26. The molecule has 5 rings (SSSR count). The lowest BCUT2D eigenvalue weighted by Crippen LogP contribution is -2.46. The zero-order valence-electron chi connectivity index (χ0n) is 22.2. The van der Waals surface area contributed by atoms with Gasteiger partial charge in [0.25, 0.3) is 5.91 Å². The zero-order valence-corrected chi connectivity index (χ0v) is 22.9. The number of fused-ring (bicyclic) bond motifs is 1. The molecule has 2 aliphatic rings. The third kappa shape index (κ3) is 5.91. The maximum Gasteiger partial charge on any atom is 0.256 e. The number of halogens is 2. The molecule has 2 amide bonds. The third-order valence-corrected chi connectivity index (χ3v) is 7.44. The Morgan fingerprint density at radius 1 is 1.23 bits per heavy atom. The van der Waals surface area contributed by atoms with E-state index in [1.54, 1.807) is 32.2 Å². The Hall–Kier alpha value is -3.67. The first-order valence-electron chi connectivity index (χ1n) is 13.1. The summed E-state index contributed by atoms with van der Waals surface area (Å²) in [5.74, 6) is -0.875. The summed E-state index contributed by atoms with van der Waals surface area (Å²) < 4.78 is 19.3. The molecule has 3 N–H and O–H groups in total. The third-order valence-electron chi connectivity index (χ3n) is 7.17. The summed E-state index contributed by atoms with van der Waals surface area (Å²) in [6.45, 7) is 4.39. The van der Waals surface area contributed by atoms with Gasteiger partial charge in [-0.15, -0.1) is 0 Å². The molecule has 40 heavy (non-hydrogen) atoms. The topological polar surface area (TPSA) is 130 Å². The van der Waals surface area contributed by atoms with E-state index in [2.05, 4.69) is 25.6 Å². The van der Waals surface area contributed by atoms with Gasteiger partial charge in [0, 0.05) is 31.0 Å². The van der Waals surface area contributed by atoms with Crippen molar-refractivity contribution in [1.29, 1.82) is 0 Å². The maximum atomic E-state index is 13.9. The van der Waals surface area contributed by atoms with E-state index in [-0.39, 0.29) is 18.5 Å². The van der Waals surface area contributed by atoms with Crippen molar-refractivity contribution in [2.75, 3.05) is 25.1 Å². The van der Waals surface area contributed by atoms with Crippen LogP contribution in [0.15, 0.2) is 36.7 Å². The van der Waals surface area contributed by atoms with E-state index in [1.807, 2.05) is 0 Å². The van der Waals surface area contributed by atoms with E-state index < -0.39 is 30.4 Å². The summed E-state index contributed by atoms with van der Waals surface area (Å²) >= 11 is 6.42. The average molecular weight is 569 g/mol. The first-order valence-corrected chi connectivity index (χ1v) is 13.5. The monoisotopic (exact) mass is 568 g/mol. The molecule has 210 valence electrons. The summed E-state index contributed by atoms with van der Waals surface area (Å²) in [5.41, 5.74) is 2.97. The van der Waals surface area contributed by atoms with E-state index in [1.165, 1.54) is 23.2 Å². The number of aryl methyl sites for hydroxylation is 1. The van der Waals surface area contributed by atoms with Gasteiger partial charge in [-0.1, -0.05) is 17.7 Å². The lowest BCUT2D eigenvalue weighted by molar-refractivity contribution is -0.126. The van der Waals surface area contributed by atoms with Crippen LogP contribution in [0.4, 0.5) is 10.3 Å². The van der Waals surface area contributed by atoms with Crippen molar-refractivity contribution in [3.8, 4) is 11.3 Å². The van der Waals surface area contributed by atoms with Gasteiger partial charge in [0.2, 0.25) is 11.9 Å². The first-order chi connectivity index (χ1) is 19.2. The minimum Gasteiger partial charge on any atom is -0.394 e. The fourth-order valence-electron chi connectivity index (χ4n) is 4.93. The van der Waals surface area contributed by atoms with Crippen molar-refractivity contribution in [3.05, 3.63) is 69.9 Å². The molecule has 1 saturated heterocycles. The quantitative estimate of drug-likeness (QED) is 0.377. The van der Waals surface area contributed by atoms with Crippen LogP contribution >= 0.6 is 11.6 Å². The molecule has 12 heteroatoms. The Labute approximate surface area is 235 Å². The highest BCUT2D eigenvalue weighted by molar-refractivity contribution is 6.33. The predicted octanol–water partition coefficient (Wildman–Crippen LogP) is 3.42. The summed E-state index contributed by atoms with van der Waals surface area (Å²) in [6.07, 6.45) is 4.80. The fraction of sp³-hybridized carbons (Fsp3) is 0.393. The van der Waals surface area contributed by atoms with Gasteiger partial charge >= 0.3 is 0 Å². The second kappa shape index (κ2) is 11.8. The van der Waals surface area contributed by atoms with E-state index in [4.69, 9.17) is 16.3 Å². The van der Waals surface area contributed by atoms with E-state index in [0.717, 1.165) is 12.8 Å². The fourth-order valence-corrected chi connectivity index (χ4v) is 5.13. The Kier molecular flexibility index (Phi) is 8.24. The van der Waals surface area contributed by atoms with Crippen LogP contribution in [-0.2, 0) is 16.1 Å². The molecule has 3 aromatic rings. The van der Waals surface area contributed by atoms with Gasteiger partial charge in [0.1, 0.15) is 11.9 Å². The van der Waals surface area contributed by atoms with Crippen molar-refractivity contribution >= 4 is 29.4 Å². The number of aromatic nitrogens is 3. The number of hydrogen-bond acceptors (Lipinski definition) is 8. The molecular weight excluding hydrogens is 539 g/mol. The molecule has 0 spiro atoms. The number of carbonyl (C=O) groups is 2. The summed E-state index contributed by atoms with van der Waals surface area (Å²) in [7, 11) is 0. The Bertz CT molecular complexity index is 1410. The van der Waals surface area contributed by atoms with Crippen molar-refractivity contribution in [2.45, 2.75) is 51.4 Å². The van der Waals surface area contributed by atoms with Gasteiger partial charge < -0.3 is 25.4 Å². The molecule has 2 aliphatic heterocycles. The number of nitrogens with one attached hydrogen (secondary N) is 2. The first kappa shape index (κ1) is 27.9. The Balaban J connectivity index is 1.31. The summed E-state index contributed by atoms with van der Waals surface area (Å²) in [4.78, 5) is 41.2. The average Bonchev–Trinajstić information content (AvgIpc) is 3.27. The smallest absolute Gasteiger partial charge is 0.256 e. The van der Waals surface area contributed by atoms with Crippen LogP contribution in [0, 0.1) is 12.7 Å². The molecular formula is C28H30ClFN6O4. The van der Waals surface area contributed by atoms with Crippen LogP contribution in [0.5, 0.6) is 0 Å². The largest absolute Gasteiger partial charge is 0.394 e. The maximum absolute atomic E-state index is 13.9. The minimum absolute atomic E-state index is 0.139. The lowest BCUT2D eigenvalue weighted by atomic mass is 10.0. The van der Waals surface area contributed by atoms with E-state index in [9.17, 15) is 19.1 Å². The van der Waals surface area contributed by atoms with E-state index >= 15 is 0 Å². The normalized spacial score (nSPS) is 16.9. The predicted molar refractivity (Wildman–Crippen MR) is 146 cm³/mol. The van der Waals surface area contributed by atoms with Crippen molar-refractivity contribution in [2.24, 2.45) is 0 Å². The Morgan fingerprint density at radius 3 is 2.73 bits per heavy atom. The Morgan fingerprint density at radius 2 is 2.00 bits per heavy atom. The molecule has 0 radical (unpaired) electrons. The number of aliphatic hydroxyl groups is 1. The number of benzene rings is 1. The van der Waals surface area contributed by atoms with Gasteiger partial charge in [0.15, 0.2) is 0 Å². The number of rotatable bonds is 8. The van der Waals surface area contributed by atoms with Crippen molar-refractivity contribution in [3.63, 3.8) is 0 Å². The number of hydrogen-bond donors (Lipinski definition) is 3. The zero-order chi connectivity index (χ0) is 28.4. The van der Waals surface area contributed by atoms with Crippen LogP contribution in [0.1, 0.15) is 53.0 Å². The molecule has 2 aromatic heterocycles. The molecule has 1 fully saturated rings. The highest BCUT2D eigenvalue weighted by atomic mass is 35.5. The standard InChI is InChI=1S/C28H30ClFN6O4/c1-15-7-17(9-19(30)8-15)24(14-37)34-26(38)16(2)36-13-23-21(27(36)39)10-18(11-31-23)25-22(29)12-32-28(35-25)33-20-3-5-40-6-4-20/h7-12,16,20,24,37H,3-6,13-14H2,1-2H3,(H,34,38)(H,32,33,35)/t16-,24-/m1/s1. The van der Waals surface area contributed by atoms with Crippen molar-refractivity contribution in [1.82, 2.24) is 25.2 Å². The molecule has 4 heterocycles. The number of ether oxygens (including phenoxy) is 1. The molecule has 10 nitrogen and oxygen atoms in total. The molecule has 0 bridgehead atoms. The van der Waals surface area contributed by atoms with Gasteiger partial charge in [-0.2, -0.15) is 0 Å². The van der Waals surface area contributed by atoms with E-state index in [0.29, 0.717) is 57.8 Å². The molecule has 2 atom stereocenters. The number of pyridine rings is 1. The minimum atomic E-state index is -0.869. The molecule has 1 aromatic carbocycles. The number of amides is 2. The van der Waals surface area contributed by atoms with Gasteiger partial charge in [0.05, 0.1) is 47.4 Å². The van der Waals surface area contributed by atoms with Crippen LogP contribution in [-0.4, -0.2) is 68.7 Å². The second-order valence-corrected chi connectivity index (χ2v) is 10.5. The molecule has 0 unspecified atom stereocenters. The number of anilines is 1. The number of carbonyl (C=O) groups excluding carboxylic acids is 2. The van der Waals surface area contributed by atoms with Crippen molar-refractivity contribution < 1.29 is 23.8 Å². The van der Waals surface area contributed by atoms with Crippen LogP contribution in [0.3, 0.4) is 0 Å². The molecule has 0 aliphatic carbocycles. The summed E-state index contributed by atoms with van der Waals surface area (Å²) in [6, 6.07) is 4.50. The highest BCUT2D eigenvalue weighted by Gasteiger charge is 2.36. The second-order valence-electron chi connectivity index (χ2n) is 10.1. The SMILES string of the molecule is Cc1cc(F)cc([C@@H](CO)NC(=O)[C@@H](C)N2Cc3ncc(-c4nc(NC5CCOCC5)ncc4Cl)cc3C2=O)c1. The molecule has 0 saturated carbocycles.